The molecule has 0 radical (unpaired) electrons. The Balaban J connectivity index is 1.51. The molecule has 1 aromatic heterocycles. The molecule has 1 heterocycles. The van der Waals surface area contributed by atoms with Gasteiger partial charge in [0.05, 0.1) is 5.69 Å². The molecule has 3 rings (SSSR count). The molecule has 0 unspecified atom stereocenters. The van der Waals surface area contributed by atoms with Crippen molar-refractivity contribution < 1.29 is 14.3 Å². The fraction of sp³-hybridized carbons (Fsp3) is 0.381. The Morgan fingerprint density at radius 3 is 2.74 bits per heavy atom. The second-order valence-electron chi connectivity index (χ2n) is 6.84. The fourth-order valence-electron chi connectivity index (χ4n) is 3.14. The normalized spacial score (nSPS) is 15.1. The van der Waals surface area contributed by atoms with Crippen molar-refractivity contribution in [2.45, 2.75) is 45.3 Å². The number of amides is 2. The molecule has 6 nitrogen and oxygen atoms in total. The van der Waals surface area contributed by atoms with Crippen molar-refractivity contribution in [3.8, 4) is 5.75 Å². The lowest BCUT2D eigenvalue weighted by Crippen LogP contribution is -2.43. The molecule has 142 valence electrons. The zero-order valence-corrected chi connectivity index (χ0v) is 15.5. The molecule has 0 spiro atoms. The molecule has 0 bridgehead atoms. The van der Waals surface area contributed by atoms with Crippen LogP contribution in [0.15, 0.2) is 48.7 Å². The van der Waals surface area contributed by atoms with Gasteiger partial charge in [-0.15, -0.1) is 0 Å². The summed E-state index contributed by atoms with van der Waals surface area (Å²) in [6.45, 7) is 2.05. The minimum Gasteiger partial charge on any atom is -0.487 e. The number of rotatable bonds is 7. The minimum atomic E-state index is -0.587. The third-order valence-electron chi connectivity index (χ3n) is 4.69. The smallest absolute Gasteiger partial charge is 0.246 e. The highest BCUT2D eigenvalue weighted by atomic mass is 16.5. The summed E-state index contributed by atoms with van der Waals surface area (Å²) in [7, 11) is 0. The molecule has 0 aliphatic heterocycles. The molecule has 2 amide bonds. The number of hydrogen-bond acceptors (Lipinski definition) is 4. The van der Waals surface area contributed by atoms with Gasteiger partial charge in [-0.2, -0.15) is 0 Å². The lowest BCUT2D eigenvalue weighted by molar-refractivity contribution is -0.128. The summed E-state index contributed by atoms with van der Waals surface area (Å²) in [5.41, 5.74) is 1.45. The van der Waals surface area contributed by atoms with Crippen LogP contribution in [0.1, 0.15) is 38.3 Å². The van der Waals surface area contributed by atoms with E-state index in [0.29, 0.717) is 18.0 Å². The monoisotopic (exact) mass is 367 g/mol. The summed E-state index contributed by atoms with van der Waals surface area (Å²) in [5.74, 6) is 0.412. The van der Waals surface area contributed by atoms with E-state index in [1.807, 2.05) is 30.3 Å². The van der Waals surface area contributed by atoms with E-state index < -0.39 is 6.04 Å². The molecule has 1 saturated carbocycles. The van der Waals surface area contributed by atoms with Gasteiger partial charge in [0.2, 0.25) is 11.8 Å². The Morgan fingerprint density at radius 1 is 1.19 bits per heavy atom. The molecule has 1 aliphatic rings. The van der Waals surface area contributed by atoms with E-state index in [-0.39, 0.29) is 17.7 Å². The van der Waals surface area contributed by atoms with Crippen molar-refractivity contribution in [3.05, 3.63) is 54.4 Å². The Bertz CT molecular complexity index is 773. The van der Waals surface area contributed by atoms with Crippen LogP contribution in [-0.2, 0) is 16.2 Å². The number of aromatic nitrogens is 1. The van der Waals surface area contributed by atoms with Crippen molar-refractivity contribution in [3.63, 3.8) is 0 Å². The summed E-state index contributed by atoms with van der Waals surface area (Å²) in [6, 6.07) is 12.2. The van der Waals surface area contributed by atoms with Gasteiger partial charge in [-0.05, 0) is 44.0 Å². The van der Waals surface area contributed by atoms with Gasteiger partial charge in [0.1, 0.15) is 18.4 Å². The first-order chi connectivity index (χ1) is 13.1. The van der Waals surface area contributed by atoms with E-state index in [4.69, 9.17) is 4.74 Å². The van der Waals surface area contributed by atoms with Crippen molar-refractivity contribution >= 4 is 17.5 Å². The lowest BCUT2D eigenvalue weighted by Gasteiger charge is -2.17. The van der Waals surface area contributed by atoms with Gasteiger partial charge in [0.25, 0.3) is 0 Å². The van der Waals surface area contributed by atoms with Crippen LogP contribution in [0, 0.1) is 5.92 Å². The van der Waals surface area contributed by atoms with Gasteiger partial charge in [0.15, 0.2) is 0 Å². The van der Waals surface area contributed by atoms with E-state index in [0.717, 1.165) is 31.4 Å². The van der Waals surface area contributed by atoms with Crippen LogP contribution in [0.4, 0.5) is 5.69 Å². The molecule has 1 aromatic carbocycles. The maximum Gasteiger partial charge on any atom is 0.246 e. The fourth-order valence-corrected chi connectivity index (χ4v) is 3.14. The molecule has 6 heteroatoms. The first-order valence-corrected chi connectivity index (χ1v) is 9.36. The number of nitrogens with one attached hydrogen (secondary N) is 2. The summed E-state index contributed by atoms with van der Waals surface area (Å²) in [4.78, 5) is 28.8. The molecule has 1 aliphatic carbocycles. The van der Waals surface area contributed by atoms with Crippen molar-refractivity contribution in [2.24, 2.45) is 5.92 Å². The average molecular weight is 367 g/mol. The molecular formula is C21H25N3O3. The molecule has 2 N–H and O–H groups in total. The largest absolute Gasteiger partial charge is 0.487 e. The zero-order valence-electron chi connectivity index (χ0n) is 15.5. The number of ether oxygens (including phenoxy) is 1. The maximum atomic E-state index is 12.4. The topological polar surface area (TPSA) is 80.3 Å². The quantitative estimate of drug-likeness (QED) is 0.787. The van der Waals surface area contributed by atoms with Gasteiger partial charge in [-0.1, -0.05) is 25.0 Å². The van der Waals surface area contributed by atoms with Crippen LogP contribution in [0.2, 0.25) is 0 Å². The van der Waals surface area contributed by atoms with Crippen LogP contribution in [0.25, 0.3) is 0 Å². The predicted octanol–water partition coefficient (Wildman–Crippen LogP) is 3.29. The number of anilines is 1. The standard InChI is InChI=1S/C21H25N3O3/c1-15(23-21(26)16-7-2-3-8-16)20(25)24-17-10-6-11-19(13-17)27-14-18-9-4-5-12-22-18/h4-6,9-13,15-16H,2-3,7-8,14H2,1H3,(H,23,26)(H,24,25)/t15-/m0/s1. The average Bonchev–Trinajstić information content (AvgIpc) is 3.22. The van der Waals surface area contributed by atoms with E-state index in [2.05, 4.69) is 15.6 Å². The highest BCUT2D eigenvalue weighted by Crippen LogP contribution is 2.25. The van der Waals surface area contributed by atoms with Crippen molar-refractivity contribution in [2.75, 3.05) is 5.32 Å². The highest BCUT2D eigenvalue weighted by molar-refractivity contribution is 5.97. The summed E-state index contributed by atoms with van der Waals surface area (Å²) in [6.07, 6.45) is 5.72. The summed E-state index contributed by atoms with van der Waals surface area (Å²) in [5, 5.41) is 5.64. The minimum absolute atomic E-state index is 0.0254. The molecule has 2 aromatic rings. The molecular weight excluding hydrogens is 342 g/mol. The third-order valence-corrected chi connectivity index (χ3v) is 4.69. The lowest BCUT2D eigenvalue weighted by atomic mass is 10.1. The molecule has 1 atom stereocenters. The molecule has 1 fully saturated rings. The van der Waals surface area contributed by atoms with E-state index in [1.54, 1.807) is 25.3 Å². The van der Waals surface area contributed by atoms with Crippen molar-refractivity contribution in [1.29, 1.82) is 0 Å². The van der Waals surface area contributed by atoms with Crippen LogP contribution in [0.3, 0.4) is 0 Å². The highest BCUT2D eigenvalue weighted by Gasteiger charge is 2.25. The van der Waals surface area contributed by atoms with Gasteiger partial charge >= 0.3 is 0 Å². The first-order valence-electron chi connectivity index (χ1n) is 9.36. The maximum absolute atomic E-state index is 12.4. The van der Waals surface area contributed by atoms with Gasteiger partial charge in [-0.25, -0.2) is 0 Å². The number of benzene rings is 1. The Hall–Kier alpha value is -2.89. The number of pyridine rings is 1. The molecule has 0 saturated heterocycles. The number of carbonyl (C=O) groups is 2. The number of hydrogen-bond donors (Lipinski definition) is 2. The second-order valence-corrected chi connectivity index (χ2v) is 6.84. The van der Waals surface area contributed by atoms with Crippen LogP contribution < -0.4 is 15.4 Å². The van der Waals surface area contributed by atoms with Gasteiger partial charge < -0.3 is 15.4 Å². The van der Waals surface area contributed by atoms with Crippen LogP contribution in [-0.4, -0.2) is 22.8 Å². The van der Waals surface area contributed by atoms with Crippen LogP contribution in [0.5, 0.6) is 5.75 Å². The van der Waals surface area contributed by atoms with E-state index in [9.17, 15) is 9.59 Å². The van der Waals surface area contributed by atoms with Gasteiger partial charge in [0, 0.05) is 23.9 Å². The van der Waals surface area contributed by atoms with Crippen molar-refractivity contribution in [1.82, 2.24) is 10.3 Å². The van der Waals surface area contributed by atoms with E-state index >= 15 is 0 Å². The first kappa shape index (κ1) is 18.9. The Morgan fingerprint density at radius 2 is 2.00 bits per heavy atom. The Labute approximate surface area is 159 Å². The summed E-state index contributed by atoms with van der Waals surface area (Å²) >= 11 is 0. The van der Waals surface area contributed by atoms with Crippen LogP contribution >= 0.6 is 0 Å². The molecule has 27 heavy (non-hydrogen) atoms. The predicted molar refractivity (Wildman–Crippen MR) is 103 cm³/mol. The number of carbonyl (C=O) groups excluding carboxylic acids is 2. The SMILES string of the molecule is C[C@H](NC(=O)C1CCCC1)C(=O)Nc1cccc(OCc2ccccn2)c1. The second kappa shape index (κ2) is 9.16. The third kappa shape index (κ3) is 5.54. The zero-order chi connectivity index (χ0) is 19.1. The summed E-state index contributed by atoms with van der Waals surface area (Å²) < 4.78 is 5.72. The van der Waals surface area contributed by atoms with E-state index in [1.165, 1.54) is 0 Å². The number of nitrogens with zero attached hydrogens (tertiary/aromatic N) is 1. The Kier molecular flexibility index (Phi) is 6.41. The van der Waals surface area contributed by atoms with Gasteiger partial charge in [-0.3, -0.25) is 14.6 Å².